The van der Waals surface area contributed by atoms with Crippen molar-refractivity contribution in [2.45, 2.75) is 31.5 Å². The van der Waals surface area contributed by atoms with Gasteiger partial charge in [0, 0.05) is 32.0 Å². The lowest BCUT2D eigenvalue weighted by atomic mass is 9.81. The van der Waals surface area contributed by atoms with Gasteiger partial charge < -0.3 is 24.7 Å². The molecule has 0 amide bonds. The number of Topliss-reactive ketones (excluding diaryl/α,β-unsaturated/α-hetero) is 2. The summed E-state index contributed by atoms with van der Waals surface area (Å²) >= 11 is 0. The van der Waals surface area contributed by atoms with Crippen molar-refractivity contribution in [3.05, 3.63) is 46.5 Å². The Kier molecular flexibility index (Phi) is 4.08. The zero-order valence-corrected chi connectivity index (χ0v) is 16.6. The van der Waals surface area contributed by atoms with E-state index in [1.54, 1.807) is 17.1 Å². The average molecular weight is 430 g/mol. The fourth-order valence-electron chi connectivity index (χ4n) is 5.16. The number of hydrogen-bond acceptors (Lipinski definition) is 8. The standard InChI is InChI=1S/C21H20F2N4O4/c22-15-13(26-6-1-4-24-5-7-26)9-10-8-11-20(23)25-31-21(11)27-12-2-3-14(28)17(29)18(12)30-19(15)16(10)27/h8-10,16,21,24H,1-7H2. The van der Waals surface area contributed by atoms with Crippen LogP contribution in [0.2, 0.25) is 0 Å². The van der Waals surface area contributed by atoms with E-state index >= 15 is 4.39 Å². The molecular formula is C21H20F2N4O4. The van der Waals surface area contributed by atoms with E-state index in [-0.39, 0.29) is 29.9 Å². The number of rotatable bonds is 1. The van der Waals surface area contributed by atoms with E-state index in [0.29, 0.717) is 31.0 Å². The first-order valence-electron chi connectivity index (χ1n) is 10.5. The lowest BCUT2D eigenvalue weighted by Gasteiger charge is -2.49. The normalized spacial score (nSPS) is 32.3. The third-order valence-corrected chi connectivity index (χ3v) is 6.60. The third-order valence-electron chi connectivity index (χ3n) is 6.60. The topological polar surface area (TPSA) is 83.5 Å². The lowest BCUT2D eigenvalue weighted by Crippen LogP contribution is -2.56. The van der Waals surface area contributed by atoms with Crippen LogP contribution in [0.25, 0.3) is 0 Å². The molecule has 162 valence electrons. The van der Waals surface area contributed by atoms with Crippen LogP contribution in [0.15, 0.2) is 51.6 Å². The van der Waals surface area contributed by atoms with E-state index in [4.69, 9.17) is 9.57 Å². The largest absolute Gasteiger partial charge is 0.450 e. The highest BCUT2D eigenvalue weighted by atomic mass is 19.1. The molecule has 0 saturated carbocycles. The van der Waals surface area contributed by atoms with Gasteiger partial charge in [0.05, 0.1) is 17.0 Å². The number of allylic oxidation sites excluding steroid dienone is 3. The maximum Gasteiger partial charge on any atom is 0.265 e. The molecule has 0 aromatic heterocycles. The van der Waals surface area contributed by atoms with Crippen LogP contribution in [0, 0.1) is 5.92 Å². The zero-order valence-electron chi connectivity index (χ0n) is 16.6. The first-order chi connectivity index (χ1) is 15.0. The van der Waals surface area contributed by atoms with Crippen LogP contribution in [0.3, 0.4) is 0 Å². The minimum Gasteiger partial charge on any atom is -0.450 e. The molecule has 31 heavy (non-hydrogen) atoms. The monoisotopic (exact) mass is 430 g/mol. The molecule has 0 spiro atoms. The Morgan fingerprint density at radius 1 is 1.13 bits per heavy atom. The number of fused-ring (bicyclic) bond motifs is 3. The summed E-state index contributed by atoms with van der Waals surface area (Å²) in [7, 11) is 0. The van der Waals surface area contributed by atoms with Crippen molar-refractivity contribution < 1.29 is 27.9 Å². The summed E-state index contributed by atoms with van der Waals surface area (Å²) in [6.45, 7) is 2.82. The summed E-state index contributed by atoms with van der Waals surface area (Å²) < 4.78 is 36.1. The number of carbonyl (C=O) groups is 2. The molecule has 1 saturated heterocycles. The quantitative estimate of drug-likeness (QED) is 0.630. The Balaban J connectivity index is 1.51. The van der Waals surface area contributed by atoms with Gasteiger partial charge in [-0.25, -0.2) is 4.39 Å². The van der Waals surface area contributed by atoms with Crippen LogP contribution < -0.4 is 5.32 Å². The van der Waals surface area contributed by atoms with Gasteiger partial charge in [0.1, 0.15) is 6.04 Å². The predicted octanol–water partition coefficient (Wildman–Crippen LogP) is 1.40. The first-order valence-corrected chi connectivity index (χ1v) is 10.5. The maximum absolute atomic E-state index is 15.8. The number of ether oxygens (including phenoxy) is 1. The molecular weight excluding hydrogens is 410 g/mol. The van der Waals surface area contributed by atoms with Crippen molar-refractivity contribution in [1.29, 1.82) is 0 Å². The highest BCUT2D eigenvalue weighted by Crippen LogP contribution is 2.49. The molecule has 6 rings (SSSR count). The van der Waals surface area contributed by atoms with Crippen LogP contribution in [-0.2, 0) is 19.2 Å². The average Bonchev–Trinajstić information content (AvgIpc) is 2.97. The van der Waals surface area contributed by atoms with Crippen LogP contribution in [-0.4, -0.2) is 65.8 Å². The Bertz CT molecular complexity index is 1050. The van der Waals surface area contributed by atoms with Crippen molar-refractivity contribution in [1.82, 2.24) is 15.1 Å². The van der Waals surface area contributed by atoms with Gasteiger partial charge in [-0.1, -0.05) is 11.2 Å². The predicted molar refractivity (Wildman–Crippen MR) is 103 cm³/mol. The highest BCUT2D eigenvalue weighted by Gasteiger charge is 2.54. The molecule has 0 bridgehead atoms. The summed E-state index contributed by atoms with van der Waals surface area (Å²) in [5, 5.41) is 6.76. The summed E-state index contributed by atoms with van der Waals surface area (Å²) in [6.07, 6.45) is 3.68. The molecule has 4 aliphatic heterocycles. The minimum atomic E-state index is -0.920. The van der Waals surface area contributed by atoms with Gasteiger partial charge in [-0.3, -0.25) is 9.59 Å². The molecule has 1 fully saturated rings. The SMILES string of the molecule is O=C1CCC2=C(OC3=C(F)C(N4CCCNCC4)=CC4C=C5C(F)=NOC5N2C34)C1=O. The van der Waals surface area contributed by atoms with Gasteiger partial charge in [0.2, 0.25) is 12.0 Å². The second kappa shape index (κ2) is 6.74. The van der Waals surface area contributed by atoms with Gasteiger partial charge in [-0.2, -0.15) is 4.39 Å². The number of nitrogens with zero attached hydrogens (tertiary/aromatic N) is 3. The van der Waals surface area contributed by atoms with Crippen molar-refractivity contribution in [3.8, 4) is 0 Å². The Morgan fingerprint density at radius 2 is 2.00 bits per heavy atom. The second-order valence-corrected chi connectivity index (χ2v) is 8.34. The summed E-state index contributed by atoms with van der Waals surface area (Å²) in [4.78, 5) is 33.6. The maximum atomic E-state index is 15.8. The summed E-state index contributed by atoms with van der Waals surface area (Å²) in [6, 6.07) is -0.636. The fraction of sp³-hybridized carbons (Fsp3) is 0.476. The number of ketones is 2. The van der Waals surface area contributed by atoms with Crippen molar-refractivity contribution in [2.24, 2.45) is 11.1 Å². The van der Waals surface area contributed by atoms with Crippen molar-refractivity contribution in [3.63, 3.8) is 0 Å². The van der Waals surface area contributed by atoms with E-state index in [1.807, 2.05) is 4.90 Å². The number of carbonyl (C=O) groups excluding carboxylic acids is 2. The Labute approximate surface area is 176 Å². The van der Waals surface area contributed by atoms with E-state index in [0.717, 1.165) is 13.0 Å². The van der Waals surface area contributed by atoms with Gasteiger partial charge >= 0.3 is 0 Å². The van der Waals surface area contributed by atoms with Crippen LogP contribution >= 0.6 is 0 Å². The van der Waals surface area contributed by atoms with Crippen LogP contribution in [0.5, 0.6) is 0 Å². The smallest absolute Gasteiger partial charge is 0.265 e. The molecule has 2 aliphatic carbocycles. The van der Waals surface area contributed by atoms with Gasteiger partial charge in [0.25, 0.3) is 11.7 Å². The van der Waals surface area contributed by atoms with Crippen molar-refractivity contribution in [2.75, 3.05) is 26.2 Å². The number of nitrogens with one attached hydrogen (secondary N) is 1. The minimum absolute atomic E-state index is 0.0212. The second-order valence-electron chi connectivity index (χ2n) is 8.34. The molecule has 3 unspecified atom stereocenters. The summed E-state index contributed by atoms with van der Waals surface area (Å²) in [5.74, 6) is -3.30. The molecule has 6 aliphatic rings. The molecule has 10 heteroatoms. The first kappa shape index (κ1) is 18.7. The zero-order chi connectivity index (χ0) is 21.3. The van der Waals surface area contributed by atoms with Gasteiger partial charge in [0.15, 0.2) is 17.3 Å². The third kappa shape index (κ3) is 2.63. The Morgan fingerprint density at radius 3 is 2.87 bits per heavy atom. The molecule has 1 N–H and O–H groups in total. The Hall–Kier alpha value is -3.01. The van der Waals surface area contributed by atoms with Crippen LogP contribution in [0.4, 0.5) is 8.78 Å². The molecule has 3 atom stereocenters. The van der Waals surface area contributed by atoms with E-state index in [2.05, 4.69) is 10.5 Å². The van der Waals surface area contributed by atoms with E-state index in [1.165, 1.54) is 0 Å². The van der Waals surface area contributed by atoms with Crippen molar-refractivity contribution >= 4 is 17.5 Å². The highest BCUT2D eigenvalue weighted by molar-refractivity contribution is 6.43. The lowest BCUT2D eigenvalue weighted by molar-refractivity contribution is -0.138. The fourth-order valence-corrected chi connectivity index (χ4v) is 5.16. The van der Waals surface area contributed by atoms with Crippen LogP contribution in [0.1, 0.15) is 19.3 Å². The van der Waals surface area contributed by atoms with E-state index in [9.17, 15) is 14.0 Å². The van der Waals surface area contributed by atoms with Gasteiger partial charge in [-0.15, -0.1) is 0 Å². The summed E-state index contributed by atoms with van der Waals surface area (Å²) in [5.41, 5.74) is 1.05. The number of oxime groups is 1. The number of halogens is 2. The van der Waals surface area contributed by atoms with E-state index < -0.39 is 41.5 Å². The molecule has 0 aromatic rings. The molecule has 0 aromatic carbocycles. The molecule has 4 heterocycles. The molecule has 0 radical (unpaired) electrons. The molecule has 8 nitrogen and oxygen atoms in total. The van der Waals surface area contributed by atoms with Gasteiger partial charge in [-0.05, 0) is 25.5 Å². The number of hydrogen-bond donors (Lipinski definition) is 1.